The molecule has 230 valence electrons. The molecule has 1 aliphatic heterocycles. The number of carbonyl (C=O) groups excluding carboxylic acids is 1. The lowest BCUT2D eigenvalue weighted by Crippen LogP contribution is -2.53. The molecule has 5 N–H and O–H groups in total. The van der Waals surface area contributed by atoms with Crippen molar-refractivity contribution in [3.05, 3.63) is 52.9 Å². The first-order valence-electron chi connectivity index (χ1n) is 13.3. The second-order valence-corrected chi connectivity index (χ2v) is 13.1. The number of benzene rings is 1. The van der Waals surface area contributed by atoms with Crippen LogP contribution in [0.4, 0.5) is 10.3 Å². The highest BCUT2D eigenvalue weighted by molar-refractivity contribution is 7.54. The number of H-pyrrole nitrogens is 1. The number of para-hydroxylation sites is 1. The van der Waals surface area contributed by atoms with Crippen molar-refractivity contribution < 1.29 is 42.5 Å². The van der Waals surface area contributed by atoms with Gasteiger partial charge in [0.25, 0.3) is 5.56 Å². The van der Waals surface area contributed by atoms with Gasteiger partial charge in [-0.1, -0.05) is 25.1 Å². The molecule has 2 aromatic heterocycles. The number of esters is 1. The summed E-state index contributed by atoms with van der Waals surface area (Å²) in [5.41, 5.74) is 0.875. The third-order valence-corrected chi connectivity index (χ3v) is 9.10. The molecule has 0 aliphatic carbocycles. The molecule has 3 heterocycles. The number of hydrogen-bond donors (Lipinski definition) is 4. The maximum Gasteiger partial charge on any atom is 0.380 e. The third kappa shape index (κ3) is 6.23. The fourth-order valence-electron chi connectivity index (χ4n) is 4.89. The molecule has 0 spiro atoms. The summed E-state index contributed by atoms with van der Waals surface area (Å²) in [6.07, 6.45) is -4.45. The highest BCUT2D eigenvalue weighted by atomic mass is 31.2. The summed E-state index contributed by atoms with van der Waals surface area (Å²) >= 11 is 0. The number of aromatic nitrogens is 3. The first-order valence-corrected chi connectivity index (χ1v) is 15.1. The van der Waals surface area contributed by atoms with Crippen molar-refractivity contribution in [2.24, 2.45) is 5.92 Å². The van der Waals surface area contributed by atoms with Crippen LogP contribution in [0.5, 0.6) is 5.75 Å². The minimum Gasteiger partial charge on any atom is -0.463 e. The minimum absolute atomic E-state index is 0.0183. The number of aliphatic hydroxyl groups is 2. The van der Waals surface area contributed by atoms with Gasteiger partial charge < -0.3 is 34.5 Å². The van der Waals surface area contributed by atoms with Gasteiger partial charge in [-0.25, -0.2) is 8.96 Å². The van der Waals surface area contributed by atoms with E-state index in [0.717, 1.165) is 0 Å². The number of nitrogen functional groups attached to an aromatic ring is 1. The summed E-state index contributed by atoms with van der Waals surface area (Å²) in [6, 6.07) is 9.53. The minimum atomic E-state index is -4.23. The van der Waals surface area contributed by atoms with E-state index in [9.17, 15) is 28.8 Å². The Balaban J connectivity index is 1.68. The predicted molar refractivity (Wildman–Crippen MR) is 151 cm³/mol. The zero-order valence-electron chi connectivity index (χ0n) is 23.9. The van der Waals surface area contributed by atoms with Gasteiger partial charge in [-0.2, -0.15) is 4.98 Å². The zero-order valence-corrected chi connectivity index (χ0v) is 24.8. The van der Waals surface area contributed by atoms with Gasteiger partial charge in [-0.15, -0.1) is 0 Å². The smallest absolute Gasteiger partial charge is 0.380 e. The summed E-state index contributed by atoms with van der Waals surface area (Å²) < 4.78 is 53.1. The Morgan fingerprint density at radius 1 is 1.29 bits per heavy atom. The van der Waals surface area contributed by atoms with Crippen molar-refractivity contribution in [1.82, 2.24) is 14.5 Å². The second kappa shape index (κ2) is 11.8. The quantitative estimate of drug-likeness (QED) is 0.185. The normalized spacial score (nSPS) is 24.9. The fraction of sp³-hybridized carbons (Fsp3) is 0.519. The van der Waals surface area contributed by atoms with Crippen LogP contribution in [0.15, 0.2) is 47.4 Å². The molecule has 42 heavy (non-hydrogen) atoms. The van der Waals surface area contributed by atoms with E-state index in [1.165, 1.54) is 37.6 Å². The number of ether oxygens (including phenoxy) is 2. The number of anilines is 1. The Morgan fingerprint density at radius 2 is 1.95 bits per heavy atom. The molecule has 2 unspecified atom stereocenters. The van der Waals surface area contributed by atoms with E-state index in [-0.39, 0.29) is 22.7 Å². The highest BCUT2D eigenvalue weighted by Crippen LogP contribution is 2.56. The lowest BCUT2D eigenvalue weighted by atomic mass is 9.88. The first-order chi connectivity index (χ1) is 19.6. The molecule has 0 bridgehead atoms. The predicted octanol–water partition coefficient (Wildman–Crippen LogP) is 2.92. The van der Waals surface area contributed by atoms with Gasteiger partial charge in [-0.3, -0.25) is 19.1 Å². The van der Waals surface area contributed by atoms with Crippen LogP contribution in [0.1, 0.15) is 40.8 Å². The standard InChI is InChI=1S/C27H36FN4O9P/c1-15(2)38-23(35)16(3)13-42(37,40-17-9-7-6-8-10-17)41-26(4,5)20-19(33)27(36,14-28)24(39-20)32-12-11-18-21(32)30-25(29)31-22(18)34/h6-12,15-16,19-20,24,33,36H,13-14H2,1-5H3,(H3,29,30,31,34)/t16-,19+,20+,24-,27?,42?/m1/s1. The Bertz CT molecular complexity index is 1530. The van der Waals surface area contributed by atoms with Crippen LogP contribution in [0.25, 0.3) is 11.0 Å². The molecule has 0 saturated carbocycles. The molecule has 1 saturated heterocycles. The maximum atomic E-state index is 14.5. The molecule has 1 aromatic carbocycles. The molecule has 3 aromatic rings. The Morgan fingerprint density at radius 3 is 2.57 bits per heavy atom. The van der Waals surface area contributed by atoms with Crippen LogP contribution in [-0.2, 0) is 23.4 Å². The molecular formula is C27H36FN4O9P. The number of nitrogens with two attached hydrogens (primary N) is 1. The number of fused-ring (bicyclic) bond motifs is 1. The van der Waals surface area contributed by atoms with Crippen molar-refractivity contribution in [3.8, 4) is 5.75 Å². The van der Waals surface area contributed by atoms with Gasteiger partial charge in [-0.05, 0) is 45.9 Å². The van der Waals surface area contributed by atoms with E-state index in [0.29, 0.717) is 0 Å². The molecule has 6 atom stereocenters. The number of aliphatic hydroxyl groups excluding tert-OH is 1. The number of alkyl halides is 1. The van der Waals surface area contributed by atoms with E-state index in [1.54, 1.807) is 44.2 Å². The number of aromatic amines is 1. The Kier molecular flexibility index (Phi) is 8.87. The number of rotatable bonds is 11. The van der Waals surface area contributed by atoms with E-state index in [1.807, 2.05) is 0 Å². The summed E-state index contributed by atoms with van der Waals surface area (Å²) in [4.78, 5) is 31.3. The lowest BCUT2D eigenvalue weighted by Gasteiger charge is -2.36. The zero-order chi connectivity index (χ0) is 31.0. The topological polar surface area (TPSA) is 188 Å². The second-order valence-electron chi connectivity index (χ2n) is 11.2. The van der Waals surface area contributed by atoms with Crippen molar-refractivity contribution >= 4 is 30.5 Å². The fourth-order valence-corrected chi connectivity index (χ4v) is 7.16. The van der Waals surface area contributed by atoms with Gasteiger partial charge in [0.05, 0.1) is 23.6 Å². The lowest BCUT2D eigenvalue weighted by molar-refractivity contribution is -0.151. The molecule has 1 fully saturated rings. The Labute approximate surface area is 241 Å². The Hall–Kier alpha value is -3.29. The molecule has 13 nitrogen and oxygen atoms in total. The van der Waals surface area contributed by atoms with Crippen molar-refractivity contribution in [1.29, 1.82) is 0 Å². The van der Waals surface area contributed by atoms with Gasteiger partial charge in [0, 0.05) is 6.20 Å². The largest absolute Gasteiger partial charge is 0.463 e. The number of nitrogens with one attached hydrogen (secondary N) is 1. The van der Waals surface area contributed by atoms with Crippen molar-refractivity contribution in [2.45, 2.75) is 70.4 Å². The van der Waals surface area contributed by atoms with Crippen LogP contribution < -0.4 is 15.8 Å². The van der Waals surface area contributed by atoms with Crippen LogP contribution in [0.2, 0.25) is 0 Å². The summed E-state index contributed by atoms with van der Waals surface area (Å²) in [7, 11) is -4.23. The molecule has 15 heteroatoms. The van der Waals surface area contributed by atoms with Gasteiger partial charge in [0.15, 0.2) is 17.5 Å². The van der Waals surface area contributed by atoms with E-state index in [2.05, 4.69) is 9.97 Å². The molecule has 1 aliphatic rings. The molecule has 4 rings (SSSR count). The van der Waals surface area contributed by atoms with E-state index in [4.69, 9.17) is 24.3 Å². The highest BCUT2D eigenvalue weighted by Gasteiger charge is 2.62. The van der Waals surface area contributed by atoms with Gasteiger partial charge in [0.1, 0.15) is 30.2 Å². The number of halogens is 1. The summed E-state index contributed by atoms with van der Waals surface area (Å²) in [6.45, 7) is 6.26. The van der Waals surface area contributed by atoms with E-state index < -0.39 is 73.6 Å². The average Bonchev–Trinajstić information content (AvgIpc) is 3.42. The average molecular weight is 611 g/mol. The number of carbonyl (C=O) groups is 1. The maximum absolute atomic E-state index is 14.5. The number of hydrogen-bond acceptors (Lipinski definition) is 11. The molecular weight excluding hydrogens is 574 g/mol. The molecule has 0 radical (unpaired) electrons. The van der Waals surface area contributed by atoms with Gasteiger partial charge >= 0.3 is 13.6 Å². The van der Waals surface area contributed by atoms with Crippen LogP contribution in [0.3, 0.4) is 0 Å². The van der Waals surface area contributed by atoms with Gasteiger partial charge in [0.2, 0.25) is 5.95 Å². The molecule has 0 amide bonds. The SMILES string of the molecule is CC(C)OC(=O)[C@H](C)CP(=O)(Oc1ccccc1)OC(C)(C)[C@H]1O[C@@H](n2ccc3c(=O)[nH]c(N)nc32)C(O)(CF)[C@H]1O. The summed E-state index contributed by atoms with van der Waals surface area (Å²) in [5, 5.41) is 22.6. The van der Waals surface area contributed by atoms with Crippen molar-refractivity contribution in [2.75, 3.05) is 18.6 Å². The number of nitrogens with zero attached hydrogens (tertiary/aromatic N) is 2. The summed E-state index contributed by atoms with van der Waals surface area (Å²) in [5.74, 6) is -1.56. The van der Waals surface area contributed by atoms with Crippen molar-refractivity contribution in [3.63, 3.8) is 0 Å². The van der Waals surface area contributed by atoms with Crippen LogP contribution in [-0.4, -0.2) is 73.1 Å². The van der Waals surface area contributed by atoms with Crippen LogP contribution in [0, 0.1) is 5.92 Å². The third-order valence-electron chi connectivity index (χ3n) is 6.87. The first kappa shape index (κ1) is 31.6. The van der Waals surface area contributed by atoms with Crippen LogP contribution >= 0.6 is 7.60 Å². The monoisotopic (exact) mass is 610 g/mol. The van der Waals surface area contributed by atoms with E-state index >= 15 is 0 Å².